The second-order valence-corrected chi connectivity index (χ2v) is 5.94. The summed E-state index contributed by atoms with van der Waals surface area (Å²) in [5, 5.41) is 15.7. The molecule has 0 aromatic carbocycles. The predicted octanol–water partition coefficient (Wildman–Crippen LogP) is 1.79. The average Bonchev–Trinajstić information content (AvgIpc) is 3.13. The van der Waals surface area contributed by atoms with E-state index in [4.69, 9.17) is 14.0 Å². The van der Waals surface area contributed by atoms with E-state index in [-0.39, 0.29) is 24.3 Å². The molecule has 0 spiro atoms. The largest absolute Gasteiger partial charge is 0.472 e. The van der Waals surface area contributed by atoms with Crippen molar-refractivity contribution in [2.75, 3.05) is 13.2 Å². The van der Waals surface area contributed by atoms with Gasteiger partial charge < -0.3 is 19.4 Å². The van der Waals surface area contributed by atoms with Crippen molar-refractivity contribution in [1.82, 2.24) is 15.5 Å². The standard InChI is InChI=1S/C15H21N3O4/c1-15(2,6-7-19)10-16-12(20)3-4-13-17-14(18-22-13)11-5-8-21-9-11/h5,8-9,19H,3-4,6-7,10H2,1-2H3,(H,16,20). The van der Waals surface area contributed by atoms with Crippen molar-refractivity contribution < 1.29 is 18.8 Å². The Bertz CT molecular complexity index is 590. The van der Waals surface area contributed by atoms with E-state index >= 15 is 0 Å². The fraction of sp³-hybridized carbons (Fsp3) is 0.533. The molecule has 7 heteroatoms. The van der Waals surface area contributed by atoms with Crippen molar-refractivity contribution in [2.45, 2.75) is 33.1 Å². The van der Waals surface area contributed by atoms with Gasteiger partial charge in [-0.25, -0.2) is 0 Å². The lowest BCUT2D eigenvalue weighted by Crippen LogP contribution is -2.34. The molecule has 120 valence electrons. The van der Waals surface area contributed by atoms with Crippen LogP contribution in [-0.4, -0.2) is 34.3 Å². The highest BCUT2D eigenvalue weighted by atomic mass is 16.5. The molecule has 0 bridgehead atoms. The number of aryl methyl sites for hydroxylation is 1. The summed E-state index contributed by atoms with van der Waals surface area (Å²) >= 11 is 0. The second kappa shape index (κ2) is 7.22. The number of aromatic nitrogens is 2. The van der Waals surface area contributed by atoms with E-state index in [1.807, 2.05) is 13.8 Å². The van der Waals surface area contributed by atoms with Gasteiger partial charge in [0.15, 0.2) is 0 Å². The predicted molar refractivity (Wildman–Crippen MR) is 78.8 cm³/mol. The summed E-state index contributed by atoms with van der Waals surface area (Å²) in [7, 11) is 0. The highest BCUT2D eigenvalue weighted by Gasteiger charge is 2.18. The monoisotopic (exact) mass is 307 g/mol. The van der Waals surface area contributed by atoms with E-state index < -0.39 is 0 Å². The Balaban J connectivity index is 1.77. The van der Waals surface area contributed by atoms with Crippen LogP contribution in [0.3, 0.4) is 0 Å². The van der Waals surface area contributed by atoms with Crippen LogP contribution in [0.25, 0.3) is 11.4 Å². The van der Waals surface area contributed by atoms with Crippen LogP contribution in [0.1, 0.15) is 32.6 Å². The Morgan fingerprint density at radius 3 is 2.95 bits per heavy atom. The Kier molecular flexibility index (Phi) is 5.32. The number of furan rings is 1. The van der Waals surface area contributed by atoms with Crippen LogP contribution in [0.4, 0.5) is 0 Å². The fourth-order valence-corrected chi connectivity index (χ4v) is 1.90. The van der Waals surface area contributed by atoms with Gasteiger partial charge in [-0.3, -0.25) is 4.79 Å². The van der Waals surface area contributed by atoms with Gasteiger partial charge in [0.05, 0.1) is 11.8 Å². The summed E-state index contributed by atoms with van der Waals surface area (Å²) < 4.78 is 10.1. The molecule has 0 aliphatic heterocycles. The molecule has 0 saturated carbocycles. The number of amides is 1. The van der Waals surface area contributed by atoms with Gasteiger partial charge in [0.25, 0.3) is 0 Å². The molecule has 0 atom stereocenters. The van der Waals surface area contributed by atoms with Crippen LogP contribution in [0.5, 0.6) is 0 Å². The van der Waals surface area contributed by atoms with Crippen molar-refractivity contribution in [2.24, 2.45) is 5.41 Å². The third kappa shape index (κ3) is 4.70. The summed E-state index contributed by atoms with van der Waals surface area (Å²) in [5.41, 5.74) is 0.619. The number of nitrogens with one attached hydrogen (secondary N) is 1. The van der Waals surface area contributed by atoms with Crippen LogP contribution in [-0.2, 0) is 11.2 Å². The van der Waals surface area contributed by atoms with Crippen molar-refractivity contribution in [3.63, 3.8) is 0 Å². The van der Waals surface area contributed by atoms with Gasteiger partial charge in [-0.1, -0.05) is 19.0 Å². The van der Waals surface area contributed by atoms with E-state index in [2.05, 4.69) is 15.5 Å². The summed E-state index contributed by atoms with van der Waals surface area (Å²) in [4.78, 5) is 16.0. The lowest BCUT2D eigenvalue weighted by molar-refractivity contribution is -0.121. The molecule has 2 heterocycles. The van der Waals surface area contributed by atoms with Crippen LogP contribution >= 0.6 is 0 Å². The first kappa shape index (κ1) is 16.2. The van der Waals surface area contributed by atoms with Crippen LogP contribution < -0.4 is 5.32 Å². The zero-order valence-corrected chi connectivity index (χ0v) is 12.8. The number of carbonyl (C=O) groups is 1. The highest BCUT2D eigenvalue weighted by Crippen LogP contribution is 2.18. The fourth-order valence-electron chi connectivity index (χ4n) is 1.90. The molecule has 0 unspecified atom stereocenters. The summed E-state index contributed by atoms with van der Waals surface area (Å²) in [6, 6.07) is 1.74. The topological polar surface area (TPSA) is 101 Å². The van der Waals surface area contributed by atoms with E-state index in [0.29, 0.717) is 31.1 Å². The van der Waals surface area contributed by atoms with Gasteiger partial charge in [-0.15, -0.1) is 0 Å². The van der Waals surface area contributed by atoms with Gasteiger partial charge in [0, 0.05) is 26.0 Å². The van der Waals surface area contributed by atoms with E-state index in [1.165, 1.54) is 12.5 Å². The minimum atomic E-state index is -0.122. The van der Waals surface area contributed by atoms with Crippen LogP contribution in [0.15, 0.2) is 27.5 Å². The van der Waals surface area contributed by atoms with Crippen molar-refractivity contribution in [3.8, 4) is 11.4 Å². The minimum Gasteiger partial charge on any atom is -0.472 e. The molecule has 2 aromatic heterocycles. The third-order valence-corrected chi connectivity index (χ3v) is 3.37. The average molecular weight is 307 g/mol. The zero-order chi connectivity index (χ0) is 16.0. The molecular weight excluding hydrogens is 286 g/mol. The number of aliphatic hydroxyl groups is 1. The lowest BCUT2D eigenvalue weighted by atomic mass is 9.90. The highest BCUT2D eigenvalue weighted by molar-refractivity contribution is 5.76. The number of carbonyl (C=O) groups excluding carboxylic acids is 1. The number of nitrogens with zero attached hydrogens (tertiary/aromatic N) is 2. The molecule has 0 saturated heterocycles. The maximum atomic E-state index is 11.8. The second-order valence-electron chi connectivity index (χ2n) is 5.94. The van der Waals surface area contributed by atoms with Gasteiger partial charge in [-0.05, 0) is 17.9 Å². The molecule has 22 heavy (non-hydrogen) atoms. The summed E-state index contributed by atoms with van der Waals surface area (Å²) in [6.45, 7) is 4.63. The van der Waals surface area contributed by atoms with Gasteiger partial charge in [0.1, 0.15) is 6.26 Å². The van der Waals surface area contributed by atoms with Gasteiger partial charge in [-0.2, -0.15) is 4.98 Å². The quantitative estimate of drug-likeness (QED) is 0.771. The number of hydrogen-bond acceptors (Lipinski definition) is 6. The Hall–Kier alpha value is -2.15. The molecule has 0 fully saturated rings. The van der Waals surface area contributed by atoms with Crippen molar-refractivity contribution in [3.05, 3.63) is 24.5 Å². The first-order valence-corrected chi connectivity index (χ1v) is 7.23. The minimum absolute atomic E-state index is 0.0749. The summed E-state index contributed by atoms with van der Waals surface area (Å²) in [6.07, 6.45) is 4.38. The molecule has 7 nitrogen and oxygen atoms in total. The Morgan fingerprint density at radius 2 is 2.27 bits per heavy atom. The number of rotatable bonds is 8. The third-order valence-electron chi connectivity index (χ3n) is 3.37. The first-order chi connectivity index (χ1) is 10.5. The van der Waals surface area contributed by atoms with Crippen molar-refractivity contribution in [1.29, 1.82) is 0 Å². The molecule has 1 amide bonds. The van der Waals surface area contributed by atoms with Gasteiger partial charge in [0.2, 0.25) is 17.6 Å². The number of aliphatic hydroxyl groups excluding tert-OH is 1. The van der Waals surface area contributed by atoms with Crippen LogP contribution in [0, 0.1) is 5.41 Å². The first-order valence-electron chi connectivity index (χ1n) is 7.23. The Labute approximate surface area is 128 Å². The maximum Gasteiger partial charge on any atom is 0.227 e. The maximum absolute atomic E-state index is 11.8. The van der Waals surface area contributed by atoms with E-state index in [9.17, 15) is 4.79 Å². The molecule has 2 rings (SSSR count). The zero-order valence-electron chi connectivity index (χ0n) is 12.8. The molecular formula is C15H21N3O4. The van der Waals surface area contributed by atoms with E-state index in [0.717, 1.165) is 5.56 Å². The molecule has 2 aromatic rings. The molecule has 2 N–H and O–H groups in total. The summed E-state index contributed by atoms with van der Waals surface area (Å²) in [5.74, 6) is 0.795. The normalized spacial score (nSPS) is 11.6. The molecule has 0 radical (unpaired) electrons. The molecule has 0 aliphatic carbocycles. The van der Waals surface area contributed by atoms with Crippen LogP contribution in [0.2, 0.25) is 0 Å². The Morgan fingerprint density at radius 1 is 1.45 bits per heavy atom. The lowest BCUT2D eigenvalue weighted by Gasteiger charge is -2.23. The van der Waals surface area contributed by atoms with Gasteiger partial charge >= 0.3 is 0 Å². The SMILES string of the molecule is CC(C)(CCO)CNC(=O)CCc1nc(-c2ccoc2)no1. The van der Waals surface area contributed by atoms with E-state index in [1.54, 1.807) is 6.07 Å². The molecule has 0 aliphatic rings. The number of hydrogen-bond donors (Lipinski definition) is 2. The smallest absolute Gasteiger partial charge is 0.227 e. The van der Waals surface area contributed by atoms with Crippen molar-refractivity contribution >= 4 is 5.91 Å².